The first-order chi connectivity index (χ1) is 16.6. The maximum atomic E-state index is 13.5. The Kier molecular flexibility index (Phi) is 9.08. The maximum absolute atomic E-state index is 13.5. The van der Waals surface area contributed by atoms with Gasteiger partial charge in [-0.15, -0.1) is 0 Å². The Bertz CT molecular complexity index is 1110. The molecule has 0 aliphatic heterocycles. The molecule has 0 bridgehead atoms. The monoisotopic (exact) mass is 499 g/mol. The molecule has 1 aliphatic carbocycles. The number of rotatable bonds is 10. The van der Waals surface area contributed by atoms with Gasteiger partial charge < -0.3 is 10.2 Å². The summed E-state index contributed by atoms with van der Waals surface area (Å²) in [6.45, 7) is 5.63. The lowest BCUT2D eigenvalue weighted by molar-refractivity contribution is -0.141. The molecule has 2 aromatic carbocycles. The van der Waals surface area contributed by atoms with Crippen molar-refractivity contribution >= 4 is 21.8 Å². The fourth-order valence-corrected chi connectivity index (χ4v) is 5.55. The van der Waals surface area contributed by atoms with Crippen molar-refractivity contribution in [3.8, 4) is 0 Å². The third-order valence-corrected chi connectivity index (χ3v) is 8.47. The van der Waals surface area contributed by atoms with Crippen LogP contribution < -0.4 is 5.32 Å². The zero-order chi connectivity index (χ0) is 25.6. The number of nitrogens with zero attached hydrogens (tertiary/aromatic N) is 2. The fourth-order valence-electron chi connectivity index (χ4n) is 4.43. The fraction of sp³-hybridized carbons (Fsp3) is 0.481. The summed E-state index contributed by atoms with van der Waals surface area (Å²) in [6.07, 6.45) is 4.52. The van der Waals surface area contributed by atoms with Crippen LogP contribution in [0.5, 0.6) is 0 Å². The highest BCUT2D eigenvalue weighted by molar-refractivity contribution is 7.89. The third-order valence-electron chi connectivity index (χ3n) is 6.65. The van der Waals surface area contributed by atoms with Crippen molar-refractivity contribution in [3.63, 3.8) is 0 Å². The van der Waals surface area contributed by atoms with Gasteiger partial charge in [-0.25, -0.2) is 8.42 Å². The summed E-state index contributed by atoms with van der Waals surface area (Å²) in [6, 6.07) is 13.8. The Labute approximate surface area is 209 Å². The van der Waals surface area contributed by atoms with Crippen molar-refractivity contribution in [1.82, 2.24) is 14.5 Å². The lowest BCUT2D eigenvalue weighted by atomic mass is 10.1. The molecule has 1 N–H and O–H groups in total. The first kappa shape index (κ1) is 26.9. The van der Waals surface area contributed by atoms with Gasteiger partial charge in [0.05, 0.1) is 11.4 Å². The van der Waals surface area contributed by atoms with Crippen LogP contribution >= 0.6 is 0 Å². The van der Waals surface area contributed by atoms with Gasteiger partial charge in [0, 0.05) is 19.6 Å². The summed E-state index contributed by atoms with van der Waals surface area (Å²) >= 11 is 0. The molecule has 2 amide bonds. The van der Waals surface area contributed by atoms with E-state index in [4.69, 9.17) is 0 Å². The van der Waals surface area contributed by atoms with Crippen LogP contribution in [0.2, 0.25) is 0 Å². The number of aryl methyl sites for hydroxylation is 2. The Hall–Kier alpha value is -2.71. The lowest BCUT2D eigenvalue weighted by Crippen LogP contribution is -2.53. The van der Waals surface area contributed by atoms with Crippen LogP contribution in [-0.4, -0.2) is 55.1 Å². The number of carbonyl (C=O) groups excluding carboxylic acids is 2. The van der Waals surface area contributed by atoms with E-state index in [1.54, 1.807) is 24.3 Å². The number of amides is 2. The molecule has 0 heterocycles. The normalized spacial score (nSPS) is 15.2. The molecule has 8 heteroatoms. The van der Waals surface area contributed by atoms with E-state index in [2.05, 4.69) is 5.32 Å². The van der Waals surface area contributed by atoms with E-state index in [-0.39, 0.29) is 29.9 Å². The molecule has 0 radical (unpaired) electrons. The molecule has 1 saturated carbocycles. The topological polar surface area (TPSA) is 86.8 Å². The number of carbonyl (C=O) groups is 2. The first-order valence-corrected chi connectivity index (χ1v) is 13.7. The number of hydrogen-bond donors (Lipinski definition) is 1. The molecule has 0 aromatic heterocycles. The molecular formula is C27H37N3O4S. The lowest BCUT2D eigenvalue weighted by Gasteiger charge is -2.32. The molecule has 0 spiro atoms. The highest BCUT2D eigenvalue weighted by Crippen LogP contribution is 2.20. The van der Waals surface area contributed by atoms with E-state index in [0.29, 0.717) is 6.42 Å². The molecule has 0 saturated heterocycles. The zero-order valence-corrected chi connectivity index (χ0v) is 22.0. The van der Waals surface area contributed by atoms with Crippen molar-refractivity contribution in [3.05, 3.63) is 65.2 Å². The van der Waals surface area contributed by atoms with Crippen LogP contribution in [0.4, 0.5) is 0 Å². The minimum atomic E-state index is -3.85. The summed E-state index contributed by atoms with van der Waals surface area (Å²) < 4.78 is 27.2. The molecule has 1 atom stereocenters. The van der Waals surface area contributed by atoms with Gasteiger partial charge in [-0.2, -0.15) is 4.31 Å². The van der Waals surface area contributed by atoms with Crippen LogP contribution in [0.15, 0.2) is 53.4 Å². The largest absolute Gasteiger partial charge is 0.352 e. The highest BCUT2D eigenvalue weighted by atomic mass is 32.2. The summed E-state index contributed by atoms with van der Waals surface area (Å²) in [5, 5.41) is 3.11. The van der Waals surface area contributed by atoms with Gasteiger partial charge in [-0.3, -0.25) is 9.59 Å². The molecule has 35 heavy (non-hydrogen) atoms. The van der Waals surface area contributed by atoms with Gasteiger partial charge in [0.2, 0.25) is 21.8 Å². The molecule has 1 fully saturated rings. The second-order valence-electron chi connectivity index (χ2n) is 9.50. The van der Waals surface area contributed by atoms with Gasteiger partial charge >= 0.3 is 0 Å². The van der Waals surface area contributed by atoms with Crippen LogP contribution in [0, 0.1) is 13.8 Å². The predicted octanol–water partition coefficient (Wildman–Crippen LogP) is 3.79. The van der Waals surface area contributed by atoms with E-state index in [0.717, 1.165) is 46.7 Å². The molecule has 1 unspecified atom stereocenters. The Morgan fingerprint density at radius 3 is 2.06 bits per heavy atom. The Balaban J connectivity index is 1.83. The minimum absolute atomic E-state index is 0.134. The summed E-state index contributed by atoms with van der Waals surface area (Å²) in [4.78, 5) is 28.4. The number of sulfonamides is 1. The smallest absolute Gasteiger partial charge is 0.243 e. The van der Waals surface area contributed by atoms with Gasteiger partial charge in [-0.1, -0.05) is 67.3 Å². The van der Waals surface area contributed by atoms with Crippen molar-refractivity contribution < 1.29 is 18.0 Å². The highest BCUT2D eigenvalue weighted by Gasteiger charge is 2.33. The average molecular weight is 500 g/mol. The quantitative estimate of drug-likeness (QED) is 0.539. The van der Waals surface area contributed by atoms with E-state index in [1.165, 1.54) is 11.9 Å². The number of hydrogen-bond acceptors (Lipinski definition) is 4. The molecule has 2 aromatic rings. The van der Waals surface area contributed by atoms with Crippen LogP contribution in [0.3, 0.4) is 0 Å². The molecule has 190 valence electrons. The van der Waals surface area contributed by atoms with Gasteiger partial charge in [-0.05, 0) is 50.8 Å². The second-order valence-corrected chi connectivity index (χ2v) is 11.5. The van der Waals surface area contributed by atoms with E-state index in [1.807, 2.05) is 45.0 Å². The van der Waals surface area contributed by atoms with Crippen LogP contribution in [-0.2, 0) is 26.2 Å². The van der Waals surface area contributed by atoms with Crippen molar-refractivity contribution in [2.45, 2.75) is 76.4 Å². The van der Waals surface area contributed by atoms with Crippen molar-refractivity contribution in [1.29, 1.82) is 0 Å². The predicted molar refractivity (Wildman–Crippen MR) is 137 cm³/mol. The van der Waals surface area contributed by atoms with Gasteiger partial charge in [0.25, 0.3) is 0 Å². The number of likely N-dealkylation sites (N-methyl/N-ethyl adjacent to an activating group) is 1. The Morgan fingerprint density at radius 1 is 0.971 bits per heavy atom. The molecule has 3 rings (SSSR count). The van der Waals surface area contributed by atoms with Gasteiger partial charge in [0.1, 0.15) is 6.04 Å². The summed E-state index contributed by atoms with van der Waals surface area (Å²) in [5.74, 6) is -0.582. The van der Waals surface area contributed by atoms with E-state index >= 15 is 0 Å². The average Bonchev–Trinajstić information content (AvgIpc) is 3.33. The third kappa shape index (κ3) is 6.92. The Morgan fingerprint density at radius 2 is 1.51 bits per heavy atom. The van der Waals surface area contributed by atoms with Crippen molar-refractivity contribution in [2.24, 2.45) is 0 Å². The zero-order valence-electron chi connectivity index (χ0n) is 21.2. The van der Waals surface area contributed by atoms with Gasteiger partial charge in [0.15, 0.2) is 0 Å². The van der Waals surface area contributed by atoms with Crippen LogP contribution in [0.1, 0.15) is 55.7 Å². The first-order valence-electron chi connectivity index (χ1n) is 12.3. The number of benzene rings is 2. The van der Waals surface area contributed by atoms with Crippen molar-refractivity contribution in [2.75, 3.05) is 13.6 Å². The maximum Gasteiger partial charge on any atom is 0.243 e. The SMILES string of the molecule is CCC(C(=O)NC1CCCC1)N(Cc1ccc(C)cc1)C(=O)CN(C)S(=O)(=O)c1ccc(C)cc1. The minimum Gasteiger partial charge on any atom is -0.352 e. The molecular weight excluding hydrogens is 462 g/mol. The molecule has 1 aliphatic rings. The van der Waals surface area contributed by atoms with E-state index in [9.17, 15) is 18.0 Å². The summed E-state index contributed by atoms with van der Waals surface area (Å²) in [7, 11) is -2.45. The van der Waals surface area contributed by atoms with Crippen LogP contribution in [0.25, 0.3) is 0 Å². The number of nitrogens with one attached hydrogen (secondary N) is 1. The standard InChI is InChI=1S/C27H37N3O4S/c1-5-25(27(32)28-23-8-6-7-9-23)30(18-22-14-10-20(2)11-15-22)26(31)19-29(4)35(33,34)24-16-12-21(3)13-17-24/h10-17,23,25H,5-9,18-19H2,1-4H3,(H,28,32). The van der Waals surface area contributed by atoms with E-state index < -0.39 is 22.0 Å². The molecule has 7 nitrogen and oxygen atoms in total. The summed E-state index contributed by atoms with van der Waals surface area (Å²) in [5.41, 5.74) is 2.94. The second kappa shape index (κ2) is 11.8.